The summed E-state index contributed by atoms with van der Waals surface area (Å²) >= 11 is 0. The largest absolute Gasteiger partial charge is 0.440 e. The van der Waals surface area contributed by atoms with E-state index >= 15 is 0 Å². The highest BCUT2D eigenvalue weighted by Crippen LogP contribution is 2.49. The first kappa shape index (κ1) is 23.0. The van der Waals surface area contributed by atoms with Crippen LogP contribution < -0.4 is 10.3 Å². The summed E-state index contributed by atoms with van der Waals surface area (Å²) in [5.74, 6) is -1.33. The summed E-state index contributed by atoms with van der Waals surface area (Å²) in [5, 5.41) is 13.8. The molecule has 0 fully saturated rings. The lowest BCUT2D eigenvalue weighted by Gasteiger charge is -2.48. The first-order valence-electron chi connectivity index (χ1n) is 12.3. The van der Waals surface area contributed by atoms with Crippen LogP contribution in [0.3, 0.4) is 0 Å². The number of carbonyl (C=O) groups excluding carboxylic acids is 1. The Kier molecular flexibility index (Phi) is 5.19. The zero-order chi connectivity index (χ0) is 25.9. The molecule has 0 bridgehead atoms. The van der Waals surface area contributed by atoms with Crippen LogP contribution >= 0.6 is 0 Å². The highest BCUT2D eigenvalue weighted by molar-refractivity contribution is 6.46. The van der Waals surface area contributed by atoms with Gasteiger partial charge in [0.25, 0.3) is 5.78 Å². The lowest BCUT2D eigenvalue weighted by Crippen LogP contribution is -2.57. The SMILES string of the molecule is Cc1ccc2oc3c(c(=O)c2c1)[C@H]1C(C(=O)c2ccccc2)=[N+]([O-])OC(C)(C)[C@H]1CN3c1ccccc1. The monoisotopic (exact) mass is 494 g/mol. The van der Waals surface area contributed by atoms with Crippen LogP contribution in [0.1, 0.15) is 41.3 Å². The molecule has 0 amide bonds. The predicted molar refractivity (Wildman–Crippen MR) is 141 cm³/mol. The third-order valence-electron chi connectivity index (χ3n) is 7.44. The zero-order valence-electron chi connectivity index (χ0n) is 20.8. The number of aryl methyl sites for hydroxylation is 1. The first-order valence-corrected chi connectivity index (χ1v) is 12.3. The molecular weight excluding hydrogens is 468 g/mol. The van der Waals surface area contributed by atoms with Crippen LogP contribution in [-0.2, 0) is 4.84 Å². The third kappa shape index (κ3) is 3.61. The molecule has 6 rings (SSSR count). The van der Waals surface area contributed by atoms with Gasteiger partial charge >= 0.3 is 5.71 Å². The van der Waals surface area contributed by atoms with E-state index in [0.717, 1.165) is 11.3 Å². The highest BCUT2D eigenvalue weighted by Gasteiger charge is 2.55. The van der Waals surface area contributed by atoms with Gasteiger partial charge in [0, 0.05) is 28.6 Å². The summed E-state index contributed by atoms with van der Waals surface area (Å²) in [6, 6.07) is 23.7. The molecule has 0 radical (unpaired) electrons. The molecule has 0 saturated carbocycles. The Balaban J connectivity index is 1.67. The van der Waals surface area contributed by atoms with E-state index in [1.165, 1.54) is 0 Å². The van der Waals surface area contributed by atoms with Gasteiger partial charge in [-0.15, -0.1) is 0 Å². The normalized spacial score (nSPS) is 20.2. The van der Waals surface area contributed by atoms with E-state index in [4.69, 9.17) is 9.25 Å². The van der Waals surface area contributed by atoms with Crippen molar-refractivity contribution >= 4 is 34.0 Å². The molecule has 0 aliphatic carbocycles. The highest BCUT2D eigenvalue weighted by atomic mass is 16.9. The predicted octanol–water partition coefficient (Wildman–Crippen LogP) is 5.51. The molecule has 3 aromatic carbocycles. The van der Waals surface area contributed by atoms with Gasteiger partial charge < -0.3 is 14.2 Å². The van der Waals surface area contributed by atoms with E-state index < -0.39 is 23.2 Å². The van der Waals surface area contributed by atoms with Gasteiger partial charge in [-0.25, -0.2) is 0 Å². The maximum absolute atomic E-state index is 14.2. The molecule has 0 saturated heterocycles. The number of hydrogen-bond donors (Lipinski definition) is 0. The van der Waals surface area contributed by atoms with Crippen molar-refractivity contribution < 1.29 is 19.0 Å². The molecule has 1 aromatic heterocycles. The number of Topliss-reactive ketones (excluding diaryl/α,β-unsaturated/α-hetero) is 1. The van der Waals surface area contributed by atoms with Gasteiger partial charge in [0.05, 0.1) is 22.5 Å². The molecule has 0 unspecified atom stereocenters. The van der Waals surface area contributed by atoms with Crippen LogP contribution in [0, 0.1) is 18.0 Å². The molecule has 7 nitrogen and oxygen atoms in total. The minimum absolute atomic E-state index is 0.108. The number of para-hydroxylation sites is 1. The number of fused-ring (bicyclic) bond motifs is 4. The summed E-state index contributed by atoms with van der Waals surface area (Å²) < 4.78 is 6.41. The number of rotatable bonds is 3. The smallest absolute Gasteiger partial charge is 0.300 e. The zero-order valence-corrected chi connectivity index (χ0v) is 20.8. The third-order valence-corrected chi connectivity index (χ3v) is 7.44. The average Bonchev–Trinajstić information content (AvgIpc) is 2.89. The summed E-state index contributed by atoms with van der Waals surface area (Å²) in [6.07, 6.45) is 0. The van der Waals surface area contributed by atoms with Crippen LogP contribution in [0.2, 0.25) is 0 Å². The fourth-order valence-corrected chi connectivity index (χ4v) is 5.56. The van der Waals surface area contributed by atoms with Crippen LogP contribution in [0.4, 0.5) is 11.6 Å². The molecule has 3 heterocycles. The minimum Gasteiger partial charge on any atom is -0.440 e. The fourth-order valence-electron chi connectivity index (χ4n) is 5.56. The maximum atomic E-state index is 14.2. The molecule has 37 heavy (non-hydrogen) atoms. The van der Waals surface area contributed by atoms with Crippen molar-refractivity contribution in [1.82, 2.24) is 0 Å². The minimum atomic E-state index is -0.967. The maximum Gasteiger partial charge on any atom is 0.300 e. The number of ketones is 1. The summed E-state index contributed by atoms with van der Waals surface area (Å²) in [6.45, 7) is 5.93. The number of nitrogens with zero attached hydrogens (tertiary/aromatic N) is 2. The van der Waals surface area contributed by atoms with E-state index in [0.29, 0.717) is 39.4 Å². The number of benzene rings is 3. The fraction of sp³-hybridized carbons (Fsp3) is 0.233. The summed E-state index contributed by atoms with van der Waals surface area (Å²) in [4.78, 5) is 36.0. The molecular formula is C30H26N2O5. The molecule has 2 aliphatic heterocycles. The van der Waals surface area contributed by atoms with Crippen LogP contribution in [-0.4, -0.2) is 28.5 Å². The topological polar surface area (TPSA) is 85.8 Å². The van der Waals surface area contributed by atoms with Crippen molar-refractivity contribution in [3.8, 4) is 0 Å². The lowest BCUT2D eigenvalue weighted by atomic mass is 9.69. The van der Waals surface area contributed by atoms with Crippen molar-refractivity contribution in [2.75, 3.05) is 11.4 Å². The standard InChI is InChI=1S/C30H26N2O5/c1-18-14-15-23-21(16-18)28(34)25-24-22(17-31(29(25)36-23)20-12-8-5-9-13-20)30(2,3)37-32(35)26(24)27(33)19-10-6-4-7-11-19/h4-16,22,24H,17H2,1-3H3/t22-,24-/m0/s1. The Morgan fingerprint density at radius 3 is 2.41 bits per heavy atom. The van der Waals surface area contributed by atoms with Crippen molar-refractivity contribution in [2.45, 2.75) is 32.3 Å². The number of hydrogen-bond acceptors (Lipinski definition) is 6. The summed E-state index contributed by atoms with van der Waals surface area (Å²) in [7, 11) is 0. The molecule has 0 spiro atoms. The second-order valence-electron chi connectivity index (χ2n) is 10.2. The van der Waals surface area contributed by atoms with Gasteiger partial charge in [-0.2, -0.15) is 0 Å². The number of carbonyl (C=O) groups is 1. The van der Waals surface area contributed by atoms with Crippen molar-refractivity contribution in [2.24, 2.45) is 5.92 Å². The van der Waals surface area contributed by atoms with Gasteiger partial charge in [0.15, 0.2) is 5.43 Å². The van der Waals surface area contributed by atoms with E-state index in [1.54, 1.807) is 42.5 Å². The molecule has 186 valence electrons. The molecule has 4 aromatic rings. The second-order valence-corrected chi connectivity index (χ2v) is 10.2. The Morgan fingerprint density at radius 1 is 1.03 bits per heavy atom. The van der Waals surface area contributed by atoms with Crippen LogP contribution in [0.25, 0.3) is 11.0 Å². The van der Waals surface area contributed by atoms with E-state index in [2.05, 4.69) is 0 Å². The molecule has 2 atom stereocenters. The molecule has 2 aliphatic rings. The Hall–Kier alpha value is -4.39. The molecule has 0 N–H and O–H groups in total. The van der Waals surface area contributed by atoms with Gasteiger partial charge in [0.2, 0.25) is 5.88 Å². The van der Waals surface area contributed by atoms with E-state index in [9.17, 15) is 14.8 Å². The Morgan fingerprint density at radius 2 is 1.70 bits per heavy atom. The van der Waals surface area contributed by atoms with Crippen molar-refractivity contribution in [3.05, 3.63) is 111 Å². The van der Waals surface area contributed by atoms with Crippen molar-refractivity contribution in [1.29, 1.82) is 0 Å². The quantitative estimate of drug-likeness (QED) is 0.276. The van der Waals surface area contributed by atoms with Gasteiger partial charge in [0.1, 0.15) is 5.58 Å². The average molecular weight is 495 g/mol. The van der Waals surface area contributed by atoms with Gasteiger partial charge in [-0.3, -0.25) is 14.8 Å². The Labute approximate surface area is 213 Å². The second kappa shape index (κ2) is 8.34. The Bertz CT molecular complexity index is 1620. The molecule has 7 heteroatoms. The van der Waals surface area contributed by atoms with E-state index in [1.807, 2.05) is 62.1 Å². The van der Waals surface area contributed by atoms with Gasteiger partial charge in [-0.05, 0) is 45.0 Å². The lowest BCUT2D eigenvalue weighted by molar-refractivity contribution is -0.772. The van der Waals surface area contributed by atoms with E-state index in [-0.39, 0.29) is 11.1 Å². The van der Waals surface area contributed by atoms with Crippen molar-refractivity contribution in [3.63, 3.8) is 0 Å². The van der Waals surface area contributed by atoms with Crippen LogP contribution in [0.15, 0.2) is 88.1 Å². The first-order chi connectivity index (χ1) is 17.8. The summed E-state index contributed by atoms with van der Waals surface area (Å²) in [5.41, 5.74) is 1.54. The van der Waals surface area contributed by atoms with Crippen LogP contribution in [0.5, 0.6) is 0 Å². The van der Waals surface area contributed by atoms with Gasteiger partial charge in [-0.1, -0.05) is 60.2 Å². The number of anilines is 2.